The standard InChI is InChI=1S/C15H10Cl2N2O/c1-8-11(17)3-2-4-12(8)18-14-10-7-9(16)5-6-13(10)19-15(14)20/h2-7H,1H3,(H,18,19,20). The Morgan fingerprint density at radius 2 is 1.95 bits per heavy atom. The zero-order chi connectivity index (χ0) is 14.3. The van der Waals surface area contributed by atoms with Crippen LogP contribution in [0.2, 0.25) is 10.0 Å². The minimum Gasteiger partial charge on any atom is -0.320 e. The Morgan fingerprint density at radius 3 is 2.75 bits per heavy atom. The van der Waals surface area contributed by atoms with Crippen molar-refractivity contribution in [3.63, 3.8) is 0 Å². The Morgan fingerprint density at radius 1 is 1.15 bits per heavy atom. The second kappa shape index (κ2) is 4.93. The molecule has 2 aromatic carbocycles. The number of benzene rings is 2. The van der Waals surface area contributed by atoms with Crippen LogP contribution in [0.4, 0.5) is 11.4 Å². The van der Waals surface area contributed by atoms with E-state index in [1.807, 2.05) is 13.0 Å². The SMILES string of the molecule is Cc1c(Cl)cccc1N=C1C(=O)Nc2ccc(Cl)cc21. The number of hydrogen-bond donors (Lipinski definition) is 1. The van der Waals surface area contributed by atoms with Gasteiger partial charge in [0.05, 0.1) is 11.4 Å². The number of nitrogens with zero attached hydrogens (tertiary/aromatic N) is 1. The summed E-state index contributed by atoms with van der Waals surface area (Å²) < 4.78 is 0. The Bertz CT molecular complexity index is 754. The number of fused-ring (bicyclic) bond motifs is 1. The minimum absolute atomic E-state index is 0.235. The Labute approximate surface area is 126 Å². The fourth-order valence-corrected chi connectivity index (χ4v) is 2.42. The molecule has 0 fully saturated rings. The van der Waals surface area contributed by atoms with Gasteiger partial charge in [-0.3, -0.25) is 4.79 Å². The van der Waals surface area contributed by atoms with Crippen molar-refractivity contribution in [2.75, 3.05) is 5.32 Å². The maximum atomic E-state index is 12.0. The molecule has 0 unspecified atom stereocenters. The van der Waals surface area contributed by atoms with Gasteiger partial charge in [-0.1, -0.05) is 29.3 Å². The largest absolute Gasteiger partial charge is 0.320 e. The molecule has 2 aromatic rings. The number of hydrogen-bond acceptors (Lipinski definition) is 2. The number of carbonyl (C=O) groups excluding carboxylic acids is 1. The highest BCUT2D eigenvalue weighted by Gasteiger charge is 2.26. The van der Waals surface area contributed by atoms with E-state index in [1.165, 1.54) is 0 Å². The van der Waals surface area contributed by atoms with E-state index < -0.39 is 0 Å². The second-order valence-electron chi connectivity index (χ2n) is 4.49. The molecule has 100 valence electrons. The molecule has 0 spiro atoms. The number of aliphatic imine (C=N–C) groups is 1. The van der Waals surface area contributed by atoms with E-state index in [0.717, 1.165) is 11.3 Å². The fourth-order valence-electron chi connectivity index (χ4n) is 2.07. The summed E-state index contributed by atoms with van der Waals surface area (Å²) in [5.41, 5.74) is 3.30. The maximum absolute atomic E-state index is 12.0. The van der Waals surface area contributed by atoms with Gasteiger partial charge >= 0.3 is 0 Å². The molecular weight excluding hydrogens is 295 g/mol. The van der Waals surface area contributed by atoms with Gasteiger partial charge in [0, 0.05) is 15.6 Å². The van der Waals surface area contributed by atoms with Gasteiger partial charge in [0.2, 0.25) is 0 Å². The fraction of sp³-hybridized carbons (Fsp3) is 0.0667. The van der Waals surface area contributed by atoms with Crippen LogP contribution in [0.15, 0.2) is 41.4 Å². The van der Waals surface area contributed by atoms with Crippen LogP contribution in [0.3, 0.4) is 0 Å². The third-order valence-electron chi connectivity index (χ3n) is 3.17. The number of anilines is 1. The van der Waals surface area contributed by atoms with E-state index in [0.29, 0.717) is 27.0 Å². The van der Waals surface area contributed by atoms with Crippen molar-refractivity contribution in [3.05, 3.63) is 57.6 Å². The lowest BCUT2D eigenvalue weighted by Gasteiger charge is -2.03. The van der Waals surface area contributed by atoms with Crippen molar-refractivity contribution >= 4 is 46.2 Å². The third kappa shape index (κ3) is 2.19. The number of nitrogens with one attached hydrogen (secondary N) is 1. The summed E-state index contributed by atoms with van der Waals surface area (Å²) in [6.07, 6.45) is 0. The van der Waals surface area contributed by atoms with Crippen molar-refractivity contribution in [1.29, 1.82) is 0 Å². The van der Waals surface area contributed by atoms with Crippen molar-refractivity contribution in [3.8, 4) is 0 Å². The van der Waals surface area contributed by atoms with Crippen molar-refractivity contribution < 1.29 is 4.79 Å². The molecule has 0 atom stereocenters. The van der Waals surface area contributed by atoms with Gasteiger partial charge in [0.25, 0.3) is 5.91 Å². The first-order valence-electron chi connectivity index (χ1n) is 6.01. The third-order valence-corrected chi connectivity index (χ3v) is 3.82. The lowest BCUT2D eigenvalue weighted by Crippen LogP contribution is -2.14. The Kier molecular flexibility index (Phi) is 3.24. The van der Waals surface area contributed by atoms with Gasteiger partial charge in [0.1, 0.15) is 5.71 Å². The first-order valence-corrected chi connectivity index (χ1v) is 6.77. The molecule has 3 rings (SSSR count). The lowest BCUT2D eigenvalue weighted by atomic mass is 10.1. The normalized spacial score (nSPS) is 15.3. The Hall–Kier alpha value is -1.84. The molecule has 20 heavy (non-hydrogen) atoms. The first kappa shape index (κ1) is 13.2. The summed E-state index contributed by atoms with van der Waals surface area (Å²) in [7, 11) is 0. The van der Waals surface area contributed by atoms with Gasteiger partial charge in [0.15, 0.2) is 0 Å². The zero-order valence-electron chi connectivity index (χ0n) is 10.6. The van der Waals surface area contributed by atoms with Crippen LogP contribution in [0.25, 0.3) is 0 Å². The molecule has 0 saturated heterocycles. The van der Waals surface area contributed by atoms with Crippen molar-refractivity contribution in [2.24, 2.45) is 4.99 Å². The second-order valence-corrected chi connectivity index (χ2v) is 5.33. The number of halogens is 2. The molecule has 3 nitrogen and oxygen atoms in total. The smallest absolute Gasteiger partial charge is 0.275 e. The van der Waals surface area contributed by atoms with Gasteiger partial charge in [-0.15, -0.1) is 0 Å². The molecule has 1 aliphatic heterocycles. The van der Waals surface area contributed by atoms with Crippen LogP contribution >= 0.6 is 23.2 Å². The van der Waals surface area contributed by atoms with E-state index >= 15 is 0 Å². The summed E-state index contributed by atoms with van der Waals surface area (Å²) >= 11 is 12.1. The average Bonchev–Trinajstić information content (AvgIpc) is 2.71. The van der Waals surface area contributed by atoms with E-state index in [4.69, 9.17) is 23.2 Å². The van der Waals surface area contributed by atoms with Crippen LogP contribution in [0, 0.1) is 6.92 Å². The van der Waals surface area contributed by atoms with E-state index in [-0.39, 0.29) is 5.91 Å². The maximum Gasteiger partial charge on any atom is 0.275 e. The highest BCUT2D eigenvalue weighted by Crippen LogP contribution is 2.31. The highest BCUT2D eigenvalue weighted by atomic mass is 35.5. The molecule has 1 N–H and O–H groups in total. The van der Waals surface area contributed by atoms with E-state index in [2.05, 4.69) is 10.3 Å². The highest BCUT2D eigenvalue weighted by molar-refractivity contribution is 6.54. The number of carbonyl (C=O) groups is 1. The summed E-state index contributed by atoms with van der Waals surface area (Å²) in [6.45, 7) is 1.87. The van der Waals surface area contributed by atoms with Crippen LogP contribution < -0.4 is 5.32 Å². The van der Waals surface area contributed by atoms with Gasteiger partial charge in [-0.2, -0.15) is 0 Å². The quantitative estimate of drug-likeness (QED) is 0.835. The molecule has 0 bridgehead atoms. The topological polar surface area (TPSA) is 41.5 Å². The van der Waals surface area contributed by atoms with Crippen LogP contribution in [-0.4, -0.2) is 11.6 Å². The molecule has 0 aliphatic carbocycles. The average molecular weight is 305 g/mol. The molecule has 1 heterocycles. The number of rotatable bonds is 1. The van der Waals surface area contributed by atoms with Gasteiger partial charge in [-0.25, -0.2) is 4.99 Å². The van der Waals surface area contributed by atoms with Crippen LogP contribution in [0.1, 0.15) is 11.1 Å². The zero-order valence-corrected chi connectivity index (χ0v) is 12.1. The number of amides is 1. The summed E-state index contributed by atoms with van der Waals surface area (Å²) in [5.74, 6) is -0.235. The molecule has 1 aliphatic rings. The molecular formula is C15H10Cl2N2O. The van der Waals surface area contributed by atoms with Crippen LogP contribution in [-0.2, 0) is 4.79 Å². The molecule has 0 radical (unpaired) electrons. The minimum atomic E-state index is -0.235. The van der Waals surface area contributed by atoms with Gasteiger partial charge in [-0.05, 0) is 42.8 Å². The molecule has 5 heteroatoms. The summed E-state index contributed by atoms with van der Waals surface area (Å²) in [6, 6.07) is 10.6. The van der Waals surface area contributed by atoms with Crippen LogP contribution in [0.5, 0.6) is 0 Å². The Balaban J connectivity index is 2.15. The molecule has 0 aromatic heterocycles. The summed E-state index contributed by atoms with van der Waals surface area (Å²) in [5, 5.41) is 3.96. The predicted octanol–water partition coefficient (Wildman–Crippen LogP) is 4.37. The lowest BCUT2D eigenvalue weighted by molar-refractivity contribution is -0.110. The van der Waals surface area contributed by atoms with E-state index in [1.54, 1.807) is 30.3 Å². The summed E-state index contributed by atoms with van der Waals surface area (Å²) in [4.78, 5) is 16.5. The van der Waals surface area contributed by atoms with E-state index in [9.17, 15) is 4.79 Å². The first-order chi connectivity index (χ1) is 9.56. The molecule has 0 saturated carbocycles. The molecule has 1 amide bonds. The van der Waals surface area contributed by atoms with Crippen molar-refractivity contribution in [2.45, 2.75) is 6.92 Å². The van der Waals surface area contributed by atoms with Gasteiger partial charge < -0.3 is 5.32 Å². The van der Waals surface area contributed by atoms with Crippen molar-refractivity contribution in [1.82, 2.24) is 0 Å². The predicted molar refractivity (Wildman–Crippen MR) is 82.5 cm³/mol. The monoisotopic (exact) mass is 304 g/mol.